The Balaban J connectivity index is 2.24. The number of halogens is 1. The van der Waals surface area contributed by atoms with Gasteiger partial charge in [0, 0.05) is 11.8 Å². The van der Waals surface area contributed by atoms with E-state index in [4.69, 9.17) is 5.73 Å². The first kappa shape index (κ1) is 10.6. The minimum Gasteiger partial charge on any atom is -0.383 e. The van der Waals surface area contributed by atoms with Crippen LogP contribution in [-0.2, 0) is 0 Å². The van der Waals surface area contributed by atoms with Crippen molar-refractivity contribution in [1.29, 1.82) is 0 Å². The largest absolute Gasteiger partial charge is 0.383 e. The van der Waals surface area contributed by atoms with Crippen molar-refractivity contribution < 1.29 is 4.39 Å². The smallest absolute Gasteiger partial charge is 0.182 e. The molecule has 7 heteroatoms. The molecular formula is C11H9FN6. The van der Waals surface area contributed by atoms with Crippen molar-refractivity contribution in [2.24, 2.45) is 0 Å². The Hall–Kier alpha value is -2.57. The maximum atomic E-state index is 13.2. The predicted molar refractivity (Wildman–Crippen MR) is 64.0 cm³/mol. The van der Waals surface area contributed by atoms with Gasteiger partial charge in [-0.3, -0.25) is 5.10 Å². The highest BCUT2D eigenvalue weighted by atomic mass is 19.1. The van der Waals surface area contributed by atoms with E-state index in [0.29, 0.717) is 28.4 Å². The molecule has 0 aliphatic heterocycles. The molecule has 0 aliphatic carbocycles. The standard InChI is InChI=1S/C11H9FN6/c1-5-3-14-11(16-9(5)13)8-7-2-6(12)4-15-10(7)18-17-8/h2-4H,1H3,(H2,13,14,16)(H,15,17,18). The molecule has 0 saturated carbocycles. The molecular weight excluding hydrogens is 235 g/mol. The molecule has 6 nitrogen and oxygen atoms in total. The second kappa shape index (κ2) is 3.73. The van der Waals surface area contributed by atoms with Crippen molar-refractivity contribution >= 4 is 16.9 Å². The van der Waals surface area contributed by atoms with E-state index in [-0.39, 0.29) is 0 Å². The van der Waals surface area contributed by atoms with Crippen LogP contribution < -0.4 is 5.73 Å². The van der Waals surface area contributed by atoms with Gasteiger partial charge in [0.15, 0.2) is 11.5 Å². The number of aromatic amines is 1. The van der Waals surface area contributed by atoms with Crippen LogP contribution in [0.15, 0.2) is 18.5 Å². The van der Waals surface area contributed by atoms with E-state index < -0.39 is 5.82 Å². The third-order valence-electron chi connectivity index (χ3n) is 2.61. The van der Waals surface area contributed by atoms with Crippen molar-refractivity contribution in [1.82, 2.24) is 25.1 Å². The summed E-state index contributed by atoms with van der Waals surface area (Å²) in [6.45, 7) is 1.81. The molecule has 90 valence electrons. The first-order chi connectivity index (χ1) is 8.65. The highest BCUT2D eigenvalue weighted by molar-refractivity contribution is 5.88. The lowest BCUT2D eigenvalue weighted by Crippen LogP contribution is -1.98. The van der Waals surface area contributed by atoms with Gasteiger partial charge >= 0.3 is 0 Å². The normalized spacial score (nSPS) is 11.0. The Kier molecular flexibility index (Phi) is 2.19. The number of hydrogen-bond donors (Lipinski definition) is 2. The number of aryl methyl sites for hydroxylation is 1. The Labute approximate surface area is 101 Å². The van der Waals surface area contributed by atoms with Crippen molar-refractivity contribution in [3.63, 3.8) is 0 Å². The fourth-order valence-electron chi connectivity index (χ4n) is 1.62. The molecule has 0 radical (unpaired) electrons. The molecule has 0 bridgehead atoms. The number of fused-ring (bicyclic) bond motifs is 1. The monoisotopic (exact) mass is 244 g/mol. The van der Waals surface area contributed by atoms with E-state index in [2.05, 4.69) is 25.1 Å². The zero-order valence-electron chi connectivity index (χ0n) is 9.48. The van der Waals surface area contributed by atoms with Crippen molar-refractivity contribution in [2.75, 3.05) is 5.73 Å². The average molecular weight is 244 g/mol. The van der Waals surface area contributed by atoms with Crippen LogP contribution >= 0.6 is 0 Å². The van der Waals surface area contributed by atoms with Crippen molar-refractivity contribution in [3.8, 4) is 11.5 Å². The van der Waals surface area contributed by atoms with E-state index >= 15 is 0 Å². The highest BCUT2D eigenvalue weighted by Crippen LogP contribution is 2.23. The fraction of sp³-hybridized carbons (Fsp3) is 0.0909. The van der Waals surface area contributed by atoms with Crippen LogP contribution in [-0.4, -0.2) is 25.1 Å². The summed E-state index contributed by atoms with van der Waals surface area (Å²) in [6.07, 6.45) is 2.72. The number of hydrogen-bond acceptors (Lipinski definition) is 5. The molecule has 3 aromatic rings. The number of anilines is 1. The summed E-state index contributed by atoms with van der Waals surface area (Å²) in [5.41, 5.74) is 7.42. The lowest BCUT2D eigenvalue weighted by molar-refractivity contribution is 0.624. The first-order valence-corrected chi connectivity index (χ1v) is 5.24. The van der Waals surface area contributed by atoms with Crippen molar-refractivity contribution in [2.45, 2.75) is 6.92 Å². The maximum Gasteiger partial charge on any atom is 0.182 e. The molecule has 18 heavy (non-hydrogen) atoms. The van der Waals surface area contributed by atoms with Crippen LogP contribution in [0, 0.1) is 12.7 Å². The van der Waals surface area contributed by atoms with Crippen LogP contribution in [0.2, 0.25) is 0 Å². The van der Waals surface area contributed by atoms with Gasteiger partial charge in [-0.15, -0.1) is 0 Å². The lowest BCUT2D eigenvalue weighted by atomic mass is 10.2. The van der Waals surface area contributed by atoms with E-state index in [1.165, 1.54) is 6.07 Å². The Morgan fingerprint density at radius 1 is 1.28 bits per heavy atom. The number of nitrogens with two attached hydrogens (primary N) is 1. The summed E-state index contributed by atoms with van der Waals surface area (Å²) in [6, 6.07) is 1.33. The molecule has 3 N–H and O–H groups in total. The summed E-state index contributed by atoms with van der Waals surface area (Å²) in [5, 5.41) is 7.27. The van der Waals surface area contributed by atoms with Gasteiger partial charge in [-0.2, -0.15) is 5.10 Å². The minimum atomic E-state index is -0.440. The van der Waals surface area contributed by atoms with E-state index in [9.17, 15) is 4.39 Å². The van der Waals surface area contributed by atoms with Crippen LogP contribution in [0.25, 0.3) is 22.6 Å². The molecule has 0 unspecified atom stereocenters. The molecule has 3 aromatic heterocycles. The summed E-state index contributed by atoms with van der Waals surface area (Å²) in [5.74, 6) is 0.280. The summed E-state index contributed by atoms with van der Waals surface area (Å²) in [7, 11) is 0. The van der Waals surface area contributed by atoms with E-state index in [0.717, 1.165) is 11.8 Å². The number of rotatable bonds is 1. The highest BCUT2D eigenvalue weighted by Gasteiger charge is 2.13. The number of pyridine rings is 1. The molecule has 3 rings (SSSR count). The molecule has 0 saturated heterocycles. The second-order valence-electron chi connectivity index (χ2n) is 3.88. The molecule has 0 spiro atoms. The molecule has 3 heterocycles. The second-order valence-corrected chi connectivity index (χ2v) is 3.88. The number of nitrogen functional groups attached to an aromatic ring is 1. The van der Waals surface area contributed by atoms with Crippen molar-refractivity contribution in [3.05, 3.63) is 29.8 Å². The van der Waals surface area contributed by atoms with Gasteiger partial charge in [0.2, 0.25) is 0 Å². The number of aromatic nitrogens is 5. The lowest BCUT2D eigenvalue weighted by Gasteiger charge is -2.00. The quantitative estimate of drug-likeness (QED) is 0.675. The molecule has 0 amide bonds. The van der Waals surface area contributed by atoms with Gasteiger partial charge in [0.25, 0.3) is 0 Å². The van der Waals surface area contributed by atoms with Crippen LogP contribution in [0.4, 0.5) is 10.2 Å². The molecule has 0 aliphatic rings. The summed E-state index contributed by atoms with van der Waals surface area (Å²) >= 11 is 0. The number of nitrogens with one attached hydrogen (secondary N) is 1. The SMILES string of the molecule is Cc1cnc(-c2n[nH]c3ncc(F)cc23)nc1N. The summed E-state index contributed by atoms with van der Waals surface area (Å²) in [4.78, 5) is 12.2. The van der Waals surface area contributed by atoms with E-state index in [1.807, 2.05) is 6.92 Å². The van der Waals surface area contributed by atoms with Gasteiger partial charge in [-0.25, -0.2) is 19.3 Å². The van der Waals surface area contributed by atoms with Gasteiger partial charge in [-0.05, 0) is 13.0 Å². The van der Waals surface area contributed by atoms with Gasteiger partial charge < -0.3 is 5.73 Å². The molecule has 0 aromatic carbocycles. The maximum absolute atomic E-state index is 13.2. The first-order valence-electron chi connectivity index (χ1n) is 5.24. The molecule has 0 atom stereocenters. The fourth-order valence-corrected chi connectivity index (χ4v) is 1.62. The van der Waals surface area contributed by atoms with Gasteiger partial charge in [-0.1, -0.05) is 0 Å². The van der Waals surface area contributed by atoms with Crippen LogP contribution in [0.3, 0.4) is 0 Å². The summed E-state index contributed by atoms with van der Waals surface area (Å²) < 4.78 is 13.2. The van der Waals surface area contributed by atoms with Gasteiger partial charge in [0.1, 0.15) is 17.3 Å². The average Bonchev–Trinajstić information content (AvgIpc) is 2.75. The van der Waals surface area contributed by atoms with Crippen LogP contribution in [0.1, 0.15) is 5.56 Å². The Bertz CT molecular complexity index is 735. The third-order valence-corrected chi connectivity index (χ3v) is 2.61. The van der Waals surface area contributed by atoms with E-state index in [1.54, 1.807) is 6.20 Å². The molecule has 0 fully saturated rings. The van der Waals surface area contributed by atoms with Crippen LogP contribution in [0.5, 0.6) is 0 Å². The number of nitrogens with zero attached hydrogens (tertiary/aromatic N) is 4. The minimum absolute atomic E-state index is 0.344. The zero-order valence-corrected chi connectivity index (χ0v) is 9.48. The zero-order chi connectivity index (χ0) is 12.7. The predicted octanol–water partition coefficient (Wildman–Crippen LogP) is 1.44. The van der Waals surface area contributed by atoms with Gasteiger partial charge in [0.05, 0.1) is 11.6 Å². The number of H-pyrrole nitrogens is 1. The topological polar surface area (TPSA) is 93.4 Å². The Morgan fingerprint density at radius 3 is 2.89 bits per heavy atom. The Morgan fingerprint density at radius 2 is 2.11 bits per heavy atom. The third kappa shape index (κ3) is 1.56.